The maximum atomic E-state index is 12.1. The molecule has 1 amide bonds. The highest BCUT2D eigenvalue weighted by atomic mass is 16.3. The van der Waals surface area contributed by atoms with Gasteiger partial charge >= 0.3 is 0 Å². The molecule has 0 aliphatic carbocycles. The predicted octanol–water partition coefficient (Wildman–Crippen LogP) is -0.533. The molecule has 0 unspecified atom stereocenters. The van der Waals surface area contributed by atoms with Crippen molar-refractivity contribution in [2.45, 2.75) is 36.6 Å². The van der Waals surface area contributed by atoms with Crippen LogP contribution in [-0.4, -0.2) is 57.0 Å². The van der Waals surface area contributed by atoms with Crippen molar-refractivity contribution in [2.24, 2.45) is 0 Å². The van der Waals surface area contributed by atoms with Crippen LogP contribution in [-0.2, 0) is 4.79 Å². The molecule has 2 aliphatic heterocycles. The Labute approximate surface area is 111 Å². The van der Waals surface area contributed by atoms with Crippen molar-refractivity contribution in [3.63, 3.8) is 0 Å². The SMILES string of the molecule is O=C1C[C@H](c2ccccc2)[C@H]2[C@H](O)[C@H](O)[C@H](CO)N12. The first-order chi connectivity index (χ1) is 9.15. The van der Waals surface area contributed by atoms with Gasteiger partial charge in [0.15, 0.2) is 0 Å². The van der Waals surface area contributed by atoms with Crippen molar-refractivity contribution in [2.75, 3.05) is 6.61 Å². The molecular weight excluding hydrogens is 246 g/mol. The second kappa shape index (κ2) is 4.59. The minimum Gasteiger partial charge on any atom is -0.394 e. The molecule has 3 rings (SSSR count). The van der Waals surface area contributed by atoms with Gasteiger partial charge in [0.1, 0.15) is 12.2 Å². The van der Waals surface area contributed by atoms with E-state index in [0.717, 1.165) is 5.56 Å². The third-order valence-electron chi connectivity index (χ3n) is 4.28. The lowest BCUT2D eigenvalue weighted by molar-refractivity contribution is -0.131. The number of benzene rings is 1. The van der Waals surface area contributed by atoms with Crippen LogP contribution < -0.4 is 0 Å². The first-order valence-corrected chi connectivity index (χ1v) is 6.48. The molecule has 1 aromatic carbocycles. The summed E-state index contributed by atoms with van der Waals surface area (Å²) < 4.78 is 0. The fourth-order valence-corrected chi connectivity index (χ4v) is 3.39. The highest BCUT2D eigenvalue weighted by Crippen LogP contribution is 2.42. The van der Waals surface area contributed by atoms with E-state index in [1.807, 2.05) is 30.3 Å². The van der Waals surface area contributed by atoms with Gasteiger partial charge in [0.25, 0.3) is 0 Å². The van der Waals surface area contributed by atoms with E-state index in [0.29, 0.717) is 6.42 Å². The first-order valence-electron chi connectivity index (χ1n) is 6.48. The van der Waals surface area contributed by atoms with Gasteiger partial charge in [-0.1, -0.05) is 30.3 Å². The van der Waals surface area contributed by atoms with E-state index >= 15 is 0 Å². The van der Waals surface area contributed by atoms with Gasteiger partial charge < -0.3 is 20.2 Å². The van der Waals surface area contributed by atoms with Gasteiger partial charge in [0.2, 0.25) is 5.91 Å². The third-order valence-corrected chi connectivity index (χ3v) is 4.28. The van der Waals surface area contributed by atoms with Crippen molar-refractivity contribution >= 4 is 5.91 Å². The molecule has 0 aromatic heterocycles. The quantitative estimate of drug-likeness (QED) is 0.670. The lowest BCUT2D eigenvalue weighted by Gasteiger charge is -2.25. The lowest BCUT2D eigenvalue weighted by Crippen LogP contribution is -2.41. The number of rotatable bonds is 2. The summed E-state index contributed by atoms with van der Waals surface area (Å²) in [6.07, 6.45) is -1.77. The molecule has 2 fully saturated rings. The number of carbonyl (C=O) groups excluding carboxylic acids is 1. The summed E-state index contributed by atoms with van der Waals surface area (Å²) in [7, 11) is 0. The second-order valence-electron chi connectivity index (χ2n) is 5.24. The predicted molar refractivity (Wildman–Crippen MR) is 67.3 cm³/mol. The molecular formula is C14H17NO4. The zero-order chi connectivity index (χ0) is 13.6. The fourth-order valence-electron chi connectivity index (χ4n) is 3.39. The minimum atomic E-state index is -1.08. The summed E-state index contributed by atoms with van der Waals surface area (Å²) >= 11 is 0. The smallest absolute Gasteiger partial charge is 0.224 e. The molecule has 1 aromatic rings. The summed E-state index contributed by atoms with van der Waals surface area (Å²) in [6.45, 7) is -0.331. The first kappa shape index (κ1) is 12.6. The monoisotopic (exact) mass is 263 g/mol. The number of nitrogens with zero attached hydrogens (tertiary/aromatic N) is 1. The highest BCUT2D eigenvalue weighted by Gasteiger charge is 2.56. The van der Waals surface area contributed by atoms with Gasteiger partial charge in [0.05, 0.1) is 18.7 Å². The normalized spacial score (nSPS) is 37.7. The van der Waals surface area contributed by atoms with Crippen molar-refractivity contribution in [3.05, 3.63) is 35.9 Å². The standard InChI is InChI=1S/C14H17NO4/c16-7-10-13(18)14(19)12-9(6-11(17)15(10)12)8-4-2-1-3-5-8/h1-5,9-10,12-14,16,18-19H,6-7H2/t9-,10+,12+,13-,14+/m1/s1. The molecule has 5 atom stereocenters. The Morgan fingerprint density at radius 2 is 1.84 bits per heavy atom. The molecule has 2 aliphatic rings. The van der Waals surface area contributed by atoms with Gasteiger partial charge in [-0.15, -0.1) is 0 Å². The van der Waals surface area contributed by atoms with Crippen LogP contribution in [0.2, 0.25) is 0 Å². The molecule has 2 heterocycles. The molecule has 2 saturated heterocycles. The molecule has 0 bridgehead atoms. The molecule has 3 N–H and O–H groups in total. The summed E-state index contributed by atoms with van der Waals surface area (Å²) in [5.74, 6) is -0.247. The van der Waals surface area contributed by atoms with Gasteiger partial charge in [-0.25, -0.2) is 0 Å². The molecule has 0 radical (unpaired) electrons. The molecule has 5 nitrogen and oxygen atoms in total. The average molecular weight is 263 g/mol. The van der Waals surface area contributed by atoms with E-state index in [9.17, 15) is 20.1 Å². The van der Waals surface area contributed by atoms with E-state index < -0.39 is 24.3 Å². The van der Waals surface area contributed by atoms with Gasteiger partial charge in [-0.2, -0.15) is 0 Å². The van der Waals surface area contributed by atoms with Crippen molar-refractivity contribution in [1.29, 1.82) is 0 Å². The number of fused-ring (bicyclic) bond motifs is 1. The van der Waals surface area contributed by atoms with Crippen LogP contribution in [0.3, 0.4) is 0 Å². The van der Waals surface area contributed by atoms with Gasteiger partial charge in [-0.3, -0.25) is 4.79 Å². The third kappa shape index (κ3) is 1.77. The zero-order valence-electron chi connectivity index (χ0n) is 10.4. The minimum absolute atomic E-state index is 0.117. The zero-order valence-corrected chi connectivity index (χ0v) is 10.4. The largest absolute Gasteiger partial charge is 0.394 e. The van der Waals surface area contributed by atoms with Crippen LogP contribution >= 0.6 is 0 Å². The second-order valence-corrected chi connectivity index (χ2v) is 5.24. The van der Waals surface area contributed by atoms with E-state index in [2.05, 4.69) is 0 Å². The van der Waals surface area contributed by atoms with Crippen LogP contribution in [0.25, 0.3) is 0 Å². The Balaban J connectivity index is 1.97. The average Bonchev–Trinajstić information content (AvgIpc) is 2.89. The molecule has 0 spiro atoms. The van der Waals surface area contributed by atoms with E-state index in [1.165, 1.54) is 4.90 Å². The van der Waals surface area contributed by atoms with E-state index in [4.69, 9.17) is 0 Å². The number of amides is 1. The van der Waals surface area contributed by atoms with E-state index in [1.54, 1.807) is 0 Å². The maximum Gasteiger partial charge on any atom is 0.224 e. The van der Waals surface area contributed by atoms with Crippen molar-refractivity contribution in [3.8, 4) is 0 Å². The Kier molecular flexibility index (Phi) is 3.05. The van der Waals surface area contributed by atoms with Crippen molar-refractivity contribution in [1.82, 2.24) is 4.90 Å². The van der Waals surface area contributed by atoms with Crippen LogP contribution in [0, 0.1) is 0 Å². The fraction of sp³-hybridized carbons (Fsp3) is 0.500. The van der Waals surface area contributed by atoms with Crippen LogP contribution in [0.4, 0.5) is 0 Å². The Hall–Kier alpha value is -1.43. The van der Waals surface area contributed by atoms with Crippen LogP contribution in [0.15, 0.2) is 30.3 Å². The summed E-state index contributed by atoms with van der Waals surface area (Å²) in [5, 5.41) is 29.4. The summed E-state index contributed by atoms with van der Waals surface area (Å²) in [6, 6.07) is 8.39. The molecule has 19 heavy (non-hydrogen) atoms. The number of hydrogen-bond acceptors (Lipinski definition) is 4. The molecule has 5 heteroatoms. The number of aliphatic hydroxyl groups excluding tert-OH is 3. The van der Waals surface area contributed by atoms with E-state index in [-0.39, 0.29) is 18.4 Å². The maximum absolute atomic E-state index is 12.1. The summed E-state index contributed by atoms with van der Waals surface area (Å²) in [4.78, 5) is 13.6. The number of hydrogen-bond donors (Lipinski definition) is 3. The van der Waals surface area contributed by atoms with Crippen LogP contribution in [0.1, 0.15) is 17.9 Å². The van der Waals surface area contributed by atoms with Gasteiger partial charge in [0, 0.05) is 12.3 Å². The molecule has 0 saturated carbocycles. The number of carbonyl (C=O) groups is 1. The Bertz CT molecular complexity index is 478. The highest BCUT2D eigenvalue weighted by molar-refractivity contribution is 5.82. The van der Waals surface area contributed by atoms with Gasteiger partial charge in [-0.05, 0) is 5.56 Å². The number of aliphatic hydroxyl groups is 3. The lowest BCUT2D eigenvalue weighted by atomic mass is 9.88. The summed E-state index contributed by atoms with van der Waals surface area (Å²) in [5.41, 5.74) is 0.980. The Morgan fingerprint density at radius 3 is 2.47 bits per heavy atom. The molecule has 102 valence electrons. The van der Waals surface area contributed by atoms with Crippen LogP contribution in [0.5, 0.6) is 0 Å². The van der Waals surface area contributed by atoms with Crippen molar-refractivity contribution < 1.29 is 20.1 Å². The Morgan fingerprint density at radius 1 is 1.16 bits per heavy atom. The topological polar surface area (TPSA) is 81.0 Å².